The van der Waals surface area contributed by atoms with Crippen molar-refractivity contribution in [3.05, 3.63) is 94.4 Å². The molecule has 2 aromatic carbocycles. The van der Waals surface area contributed by atoms with Crippen molar-refractivity contribution in [2.75, 3.05) is 0 Å². The van der Waals surface area contributed by atoms with Gasteiger partial charge >= 0.3 is 0 Å². The van der Waals surface area contributed by atoms with Gasteiger partial charge in [-0.2, -0.15) is 0 Å². The summed E-state index contributed by atoms with van der Waals surface area (Å²) in [6.07, 6.45) is 1.76. The highest BCUT2D eigenvalue weighted by molar-refractivity contribution is 5.94. The predicted molar refractivity (Wildman–Crippen MR) is 94.7 cm³/mol. The minimum absolute atomic E-state index is 0.0355. The van der Waals surface area contributed by atoms with E-state index in [1.54, 1.807) is 31.4 Å². The molecule has 0 saturated heterocycles. The summed E-state index contributed by atoms with van der Waals surface area (Å²) in [7, 11) is 1.73. The van der Waals surface area contributed by atoms with Crippen molar-refractivity contribution in [1.82, 2.24) is 9.88 Å². The second-order valence-electron chi connectivity index (χ2n) is 5.61. The van der Waals surface area contributed by atoms with Crippen molar-refractivity contribution in [1.29, 1.82) is 0 Å². The molecule has 4 nitrogen and oxygen atoms in total. The Labute approximate surface area is 140 Å². The average molecular weight is 318 g/mol. The van der Waals surface area contributed by atoms with Gasteiger partial charge in [-0.3, -0.25) is 9.59 Å². The zero-order chi connectivity index (χ0) is 16.9. The fourth-order valence-corrected chi connectivity index (χ4v) is 2.42. The summed E-state index contributed by atoms with van der Waals surface area (Å²) in [6.45, 7) is 0.463. The third kappa shape index (κ3) is 3.60. The molecule has 0 aliphatic rings. The summed E-state index contributed by atoms with van der Waals surface area (Å²) >= 11 is 0. The van der Waals surface area contributed by atoms with Crippen LogP contribution in [0.25, 0.3) is 11.1 Å². The van der Waals surface area contributed by atoms with Crippen LogP contribution in [0.3, 0.4) is 0 Å². The Kier molecular flexibility index (Phi) is 4.57. The molecule has 0 unspecified atom stereocenters. The summed E-state index contributed by atoms with van der Waals surface area (Å²) in [5.74, 6) is -0.0915. The molecular weight excluding hydrogens is 300 g/mol. The quantitative estimate of drug-likeness (QED) is 0.804. The first-order chi connectivity index (χ1) is 11.6. The molecule has 0 radical (unpaired) electrons. The van der Waals surface area contributed by atoms with E-state index in [1.165, 1.54) is 4.57 Å². The normalized spacial score (nSPS) is 10.4. The molecular formula is C20H18N2O2. The largest absolute Gasteiger partial charge is 0.348 e. The van der Waals surface area contributed by atoms with Gasteiger partial charge < -0.3 is 9.88 Å². The molecule has 0 fully saturated rings. The summed E-state index contributed by atoms with van der Waals surface area (Å²) < 4.78 is 1.54. The number of hydrogen-bond acceptors (Lipinski definition) is 2. The standard InChI is InChI=1S/C20H18N2O2/c1-22-12-11-18(13-19(22)23)16-9-7-15(8-10-16)14-21-20(24)17-5-3-2-4-6-17/h2-13H,14H2,1H3,(H,21,24). The Balaban J connectivity index is 1.67. The molecule has 1 N–H and O–H groups in total. The highest BCUT2D eigenvalue weighted by Gasteiger charge is 2.04. The lowest BCUT2D eigenvalue weighted by molar-refractivity contribution is 0.0951. The maximum atomic E-state index is 12.0. The van der Waals surface area contributed by atoms with E-state index in [9.17, 15) is 9.59 Å². The Morgan fingerprint density at radius 2 is 1.67 bits per heavy atom. The lowest BCUT2D eigenvalue weighted by Crippen LogP contribution is -2.22. The molecule has 0 atom stereocenters. The lowest BCUT2D eigenvalue weighted by Gasteiger charge is -2.07. The van der Waals surface area contributed by atoms with Gasteiger partial charge in [0.25, 0.3) is 11.5 Å². The third-order valence-corrected chi connectivity index (χ3v) is 3.88. The smallest absolute Gasteiger partial charge is 0.251 e. The van der Waals surface area contributed by atoms with Gasteiger partial charge in [-0.1, -0.05) is 42.5 Å². The molecule has 0 bridgehead atoms. The summed E-state index contributed by atoms with van der Waals surface area (Å²) in [6, 6.07) is 20.5. The van der Waals surface area contributed by atoms with E-state index in [0.717, 1.165) is 16.7 Å². The Morgan fingerprint density at radius 1 is 0.958 bits per heavy atom. The fourth-order valence-electron chi connectivity index (χ4n) is 2.42. The van der Waals surface area contributed by atoms with E-state index in [2.05, 4.69) is 5.32 Å². The molecule has 24 heavy (non-hydrogen) atoms. The molecule has 0 saturated carbocycles. The van der Waals surface area contributed by atoms with E-state index in [0.29, 0.717) is 12.1 Å². The molecule has 0 aliphatic carbocycles. The number of nitrogens with one attached hydrogen (secondary N) is 1. The van der Waals surface area contributed by atoms with Gasteiger partial charge in [0.05, 0.1) is 0 Å². The Hall–Kier alpha value is -3.14. The zero-order valence-electron chi connectivity index (χ0n) is 13.4. The van der Waals surface area contributed by atoms with Gasteiger partial charge in [0.15, 0.2) is 0 Å². The minimum atomic E-state index is -0.0915. The van der Waals surface area contributed by atoms with Gasteiger partial charge in [-0.25, -0.2) is 0 Å². The van der Waals surface area contributed by atoms with Crippen molar-refractivity contribution < 1.29 is 4.79 Å². The number of carbonyl (C=O) groups is 1. The van der Waals surface area contributed by atoms with Crippen LogP contribution in [0.2, 0.25) is 0 Å². The van der Waals surface area contributed by atoms with Gasteiger partial charge in [0.1, 0.15) is 0 Å². The molecule has 1 aromatic heterocycles. The molecule has 1 amide bonds. The predicted octanol–water partition coefficient (Wildman–Crippen LogP) is 2.98. The van der Waals surface area contributed by atoms with Crippen LogP contribution in [0.15, 0.2) is 77.7 Å². The number of rotatable bonds is 4. The summed E-state index contributed by atoms with van der Waals surface area (Å²) in [5, 5.41) is 2.90. The number of pyridine rings is 1. The lowest BCUT2D eigenvalue weighted by atomic mass is 10.0. The molecule has 0 aliphatic heterocycles. The number of hydrogen-bond donors (Lipinski definition) is 1. The van der Waals surface area contributed by atoms with E-state index in [-0.39, 0.29) is 11.5 Å². The molecule has 120 valence electrons. The van der Waals surface area contributed by atoms with Crippen LogP contribution in [-0.2, 0) is 13.6 Å². The topological polar surface area (TPSA) is 51.1 Å². The number of aromatic nitrogens is 1. The number of benzene rings is 2. The van der Waals surface area contributed by atoms with Gasteiger partial charge in [0.2, 0.25) is 0 Å². The SMILES string of the molecule is Cn1ccc(-c2ccc(CNC(=O)c3ccccc3)cc2)cc1=O. The van der Waals surface area contributed by atoms with Crippen LogP contribution in [-0.4, -0.2) is 10.5 Å². The van der Waals surface area contributed by atoms with Crippen molar-refractivity contribution >= 4 is 5.91 Å². The second kappa shape index (κ2) is 6.96. The van der Waals surface area contributed by atoms with Crippen LogP contribution in [0, 0.1) is 0 Å². The Bertz CT molecular complexity index is 897. The maximum absolute atomic E-state index is 12.0. The number of amides is 1. The number of aryl methyl sites for hydroxylation is 1. The van der Waals surface area contributed by atoms with E-state index in [4.69, 9.17) is 0 Å². The van der Waals surface area contributed by atoms with Crippen LogP contribution in [0.1, 0.15) is 15.9 Å². The van der Waals surface area contributed by atoms with Crippen LogP contribution < -0.4 is 10.9 Å². The van der Waals surface area contributed by atoms with E-state index in [1.807, 2.05) is 48.5 Å². The first kappa shape index (κ1) is 15.7. The van der Waals surface area contributed by atoms with Crippen molar-refractivity contribution in [2.24, 2.45) is 7.05 Å². The van der Waals surface area contributed by atoms with Crippen molar-refractivity contribution in [2.45, 2.75) is 6.54 Å². The second-order valence-corrected chi connectivity index (χ2v) is 5.61. The summed E-state index contributed by atoms with van der Waals surface area (Å²) in [4.78, 5) is 23.7. The van der Waals surface area contributed by atoms with Crippen molar-refractivity contribution in [3.8, 4) is 11.1 Å². The molecule has 1 heterocycles. The molecule has 4 heteroatoms. The minimum Gasteiger partial charge on any atom is -0.348 e. The monoisotopic (exact) mass is 318 g/mol. The number of carbonyl (C=O) groups excluding carboxylic acids is 1. The van der Waals surface area contributed by atoms with Crippen molar-refractivity contribution in [3.63, 3.8) is 0 Å². The molecule has 0 spiro atoms. The highest BCUT2D eigenvalue weighted by Crippen LogP contribution is 2.18. The van der Waals surface area contributed by atoms with Crippen LogP contribution in [0.4, 0.5) is 0 Å². The van der Waals surface area contributed by atoms with Gasteiger partial charge in [-0.05, 0) is 34.9 Å². The summed E-state index contributed by atoms with van der Waals surface area (Å²) in [5.41, 5.74) is 3.48. The maximum Gasteiger partial charge on any atom is 0.251 e. The highest BCUT2D eigenvalue weighted by atomic mass is 16.1. The van der Waals surface area contributed by atoms with Crippen LogP contribution >= 0.6 is 0 Å². The zero-order valence-corrected chi connectivity index (χ0v) is 13.4. The first-order valence-corrected chi connectivity index (χ1v) is 7.73. The van der Waals surface area contributed by atoms with E-state index >= 15 is 0 Å². The Morgan fingerprint density at radius 3 is 2.33 bits per heavy atom. The average Bonchev–Trinajstić information content (AvgIpc) is 2.63. The molecule has 3 aromatic rings. The van der Waals surface area contributed by atoms with Crippen LogP contribution in [0.5, 0.6) is 0 Å². The fraction of sp³-hybridized carbons (Fsp3) is 0.100. The third-order valence-electron chi connectivity index (χ3n) is 3.88. The number of nitrogens with zero attached hydrogens (tertiary/aromatic N) is 1. The van der Waals surface area contributed by atoms with Gasteiger partial charge in [-0.15, -0.1) is 0 Å². The molecule has 3 rings (SSSR count). The first-order valence-electron chi connectivity index (χ1n) is 7.73. The van der Waals surface area contributed by atoms with Gasteiger partial charge in [0, 0.05) is 31.4 Å². The van der Waals surface area contributed by atoms with E-state index < -0.39 is 0 Å².